The molecule has 0 saturated carbocycles. The van der Waals surface area contributed by atoms with Gasteiger partial charge in [0.05, 0.1) is 12.3 Å². The molecule has 0 bridgehead atoms. The van der Waals surface area contributed by atoms with Crippen LogP contribution < -0.4 is 9.64 Å². The average molecular weight is 167 g/mol. The number of nitrogens with zero attached hydrogens (tertiary/aromatic N) is 3. The van der Waals surface area contributed by atoms with Gasteiger partial charge in [0, 0.05) is 12.3 Å². The Kier molecular flexibility index (Phi) is 1.33. The monoisotopic (exact) mass is 167 g/mol. The number of hydrogen-bond donors (Lipinski definition) is 0. The molecule has 62 valence electrons. The van der Waals surface area contributed by atoms with Gasteiger partial charge in [0.15, 0.2) is 5.75 Å². The lowest BCUT2D eigenvalue weighted by Gasteiger charge is -1.95. The minimum absolute atomic E-state index is 0.208. The van der Waals surface area contributed by atoms with Gasteiger partial charge in [-0.25, -0.2) is 4.98 Å². The lowest BCUT2D eigenvalue weighted by atomic mass is 10.4. The molecule has 0 aliphatic rings. The maximum absolute atomic E-state index is 10.9. The Morgan fingerprint density at radius 3 is 3.25 bits per heavy atom. The molecule has 0 radical (unpaired) electrons. The van der Waals surface area contributed by atoms with Gasteiger partial charge >= 0.3 is 5.65 Å². The van der Waals surface area contributed by atoms with Crippen molar-refractivity contribution in [3.8, 4) is 5.75 Å². The van der Waals surface area contributed by atoms with E-state index in [1.165, 1.54) is 13.3 Å². The number of fused-ring (bicyclic) bond motifs is 1. The Labute approximate surface area is 66.9 Å². The molecular weight excluding hydrogens is 162 g/mol. The lowest BCUT2D eigenvalue weighted by Crippen LogP contribution is -2.23. The zero-order valence-electron chi connectivity index (χ0n) is 6.22. The van der Waals surface area contributed by atoms with Gasteiger partial charge in [0.25, 0.3) is 5.52 Å². The third kappa shape index (κ3) is 0.777. The van der Waals surface area contributed by atoms with Gasteiger partial charge in [-0.2, -0.15) is 0 Å². The van der Waals surface area contributed by atoms with Crippen LogP contribution in [-0.2, 0) is 0 Å². The van der Waals surface area contributed by atoms with Crippen LogP contribution in [-0.4, -0.2) is 17.3 Å². The van der Waals surface area contributed by atoms with Gasteiger partial charge in [-0.15, -0.1) is 0 Å². The standard InChI is InChI=1S/C6H5N3O3/c1-11-4-2-3-7-6-5(4)9(10)12-8-6/h2-3H,1H3. The van der Waals surface area contributed by atoms with Gasteiger partial charge in [-0.05, 0) is 4.90 Å². The van der Waals surface area contributed by atoms with Crippen LogP contribution in [0.3, 0.4) is 0 Å². The van der Waals surface area contributed by atoms with Gasteiger partial charge < -0.3 is 9.94 Å². The van der Waals surface area contributed by atoms with E-state index in [9.17, 15) is 5.21 Å². The molecule has 0 aromatic carbocycles. The fourth-order valence-electron chi connectivity index (χ4n) is 0.946. The normalized spacial score (nSPS) is 10.4. The molecule has 0 atom stereocenters. The first-order valence-corrected chi connectivity index (χ1v) is 3.21. The van der Waals surface area contributed by atoms with Gasteiger partial charge in [0.1, 0.15) is 0 Å². The summed E-state index contributed by atoms with van der Waals surface area (Å²) >= 11 is 0. The van der Waals surface area contributed by atoms with E-state index in [4.69, 9.17) is 4.74 Å². The summed E-state index contributed by atoms with van der Waals surface area (Å²) in [4.78, 5) is 4.07. The van der Waals surface area contributed by atoms with Crippen LogP contribution in [0.25, 0.3) is 11.2 Å². The smallest absolute Gasteiger partial charge is 0.344 e. The predicted octanol–water partition coefficient (Wildman–Crippen LogP) is -0.135. The Morgan fingerprint density at radius 2 is 2.50 bits per heavy atom. The molecule has 6 heteroatoms. The van der Waals surface area contributed by atoms with Crippen molar-refractivity contribution in [2.45, 2.75) is 0 Å². The van der Waals surface area contributed by atoms with E-state index in [1.54, 1.807) is 6.07 Å². The van der Waals surface area contributed by atoms with Crippen LogP contribution in [0.2, 0.25) is 0 Å². The summed E-state index contributed by atoms with van der Waals surface area (Å²) < 4.78 is 9.23. The van der Waals surface area contributed by atoms with E-state index in [0.717, 1.165) is 0 Å². The number of methoxy groups -OCH3 is 1. The second-order valence-corrected chi connectivity index (χ2v) is 2.12. The second kappa shape index (κ2) is 2.33. The molecule has 12 heavy (non-hydrogen) atoms. The molecule has 6 nitrogen and oxygen atoms in total. The van der Waals surface area contributed by atoms with Crippen molar-refractivity contribution in [3.05, 3.63) is 17.5 Å². The van der Waals surface area contributed by atoms with Crippen molar-refractivity contribution < 1.29 is 14.3 Å². The van der Waals surface area contributed by atoms with Crippen molar-refractivity contribution in [1.29, 1.82) is 0 Å². The van der Waals surface area contributed by atoms with Crippen LogP contribution in [0.1, 0.15) is 0 Å². The summed E-state index contributed by atoms with van der Waals surface area (Å²) in [7, 11) is 1.46. The number of hydrogen-bond acceptors (Lipinski definition) is 5. The van der Waals surface area contributed by atoms with Crippen LogP contribution >= 0.6 is 0 Å². The number of rotatable bonds is 1. The van der Waals surface area contributed by atoms with Gasteiger partial charge in [-0.1, -0.05) is 0 Å². The molecule has 0 aliphatic carbocycles. The second-order valence-electron chi connectivity index (χ2n) is 2.12. The minimum Gasteiger partial charge on any atom is -0.492 e. The number of pyridine rings is 1. The Morgan fingerprint density at radius 1 is 1.67 bits per heavy atom. The quantitative estimate of drug-likeness (QED) is 0.553. The molecule has 0 unspecified atom stereocenters. The van der Waals surface area contributed by atoms with Crippen LogP contribution in [0, 0.1) is 5.21 Å². The first kappa shape index (κ1) is 6.84. The fraction of sp³-hybridized carbons (Fsp3) is 0.167. The van der Waals surface area contributed by atoms with Crippen LogP contribution in [0.15, 0.2) is 16.9 Å². The highest BCUT2D eigenvalue weighted by Gasteiger charge is 2.15. The maximum Gasteiger partial charge on any atom is 0.344 e. The molecule has 0 aliphatic heterocycles. The van der Waals surface area contributed by atoms with E-state index in [-0.39, 0.29) is 16.1 Å². The highest BCUT2D eigenvalue weighted by molar-refractivity contribution is 5.72. The first-order valence-electron chi connectivity index (χ1n) is 3.21. The Hall–Kier alpha value is -1.85. The van der Waals surface area contributed by atoms with Crippen LogP contribution in [0.5, 0.6) is 5.75 Å². The molecule has 0 spiro atoms. The highest BCUT2D eigenvalue weighted by Crippen LogP contribution is 2.17. The Bertz CT molecular complexity index is 411. The molecule has 0 fully saturated rings. The molecule has 0 saturated heterocycles. The molecule has 0 amide bonds. The average Bonchev–Trinajstić information content (AvgIpc) is 2.48. The predicted molar refractivity (Wildman–Crippen MR) is 37.3 cm³/mol. The molecule has 2 rings (SSSR count). The fourth-order valence-corrected chi connectivity index (χ4v) is 0.946. The summed E-state index contributed by atoms with van der Waals surface area (Å²) in [5.41, 5.74) is 0.448. The van der Waals surface area contributed by atoms with Crippen molar-refractivity contribution >= 4 is 11.2 Å². The summed E-state index contributed by atoms with van der Waals surface area (Å²) in [6, 6.07) is 1.56. The minimum atomic E-state index is 0.208. The van der Waals surface area contributed by atoms with Gasteiger partial charge in [-0.3, -0.25) is 4.63 Å². The topological polar surface area (TPSA) is 75.1 Å². The van der Waals surface area contributed by atoms with Crippen LogP contribution in [0.4, 0.5) is 0 Å². The third-order valence-corrected chi connectivity index (χ3v) is 1.47. The number of ether oxygens (including phenoxy) is 1. The Balaban J connectivity index is 2.84. The molecule has 0 N–H and O–H groups in total. The summed E-state index contributed by atoms with van der Waals surface area (Å²) in [6.07, 6.45) is 1.49. The number of aromatic nitrogens is 3. The summed E-state index contributed by atoms with van der Waals surface area (Å²) in [5, 5.41) is 14.3. The van der Waals surface area contributed by atoms with Crippen molar-refractivity contribution in [3.63, 3.8) is 0 Å². The molecule has 2 aromatic rings. The zero-order valence-corrected chi connectivity index (χ0v) is 6.22. The lowest BCUT2D eigenvalue weighted by molar-refractivity contribution is -0.782. The first-order chi connectivity index (χ1) is 5.83. The third-order valence-electron chi connectivity index (χ3n) is 1.47. The molecule has 2 heterocycles. The SMILES string of the molecule is COc1ccnc2no[n+]([O-])c12. The van der Waals surface area contributed by atoms with E-state index in [2.05, 4.69) is 14.8 Å². The maximum atomic E-state index is 10.9. The highest BCUT2D eigenvalue weighted by atomic mass is 16.8. The zero-order chi connectivity index (χ0) is 8.55. The van der Waals surface area contributed by atoms with Gasteiger partial charge in [0.2, 0.25) is 0 Å². The van der Waals surface area contributed by atoms with E-state index < -0.39 is 0 Å². The van der Waals surface area contributed by atoms with Crippen molar-refractivity contribution in [2.75, 3.05) is 7.11 Å². The van der Waals surface area contributed by atoms with E-state index in [0.29, 0.717) is 5.75 Å². The molecule has 2 aromatic heterocycles. The molecular formula is C6H5N3O3. The van der Waals surface area contributed by atoms with E-state index >= 15 is 0 Å². The van der Waals surface area contributed by atoms with Crippen molar-refractivity contribution in [1.82, 2.24) is 10.1 Å². The summed E-state index contributed by atoms with van der Waals surface area (Å²) in [6.45, 7) is 0. The summed E-state index contributed by atoms with van der Waals surface area (Å²) in [5.74, 6) is 0.399. The largest absolute Gasteiger partial charge is 0.492 e. The van der Waals surface area contributed by atoms with E-state index in [1.807, 2.05) is 0 Å². The van der Waals surface area contributed by atoms with Crippen molar-refractivity contribution in [2.24, 2.45) is 0 Å².